The molecule has 1 aromatic heterocycles. The summed E-state index contributed by atoms with van der Waals surface area (Å²) in [6.45, 7) is 5.64. The van der Waals surface area contributed by atoms with Gasteiger partial charge in [-0.2, -0.15) is 0 Å². The summed E-state index contributed by atoms with van der Waals surface area (Å²) >= 11 is 0. The van der Waals surface area contributed by atoms with Gasteiger partial charge in [-0.25, -0.2) is 13.1 Å². The summed E-state index contributed by atoms with van der Waals surface area (Å²) in [7, 11) is -2.29. The molecule has 0 saturated heterocycles. The van der Waals surface area contributed by atoms with Crippen LogP contribution in [0.25, 0.3) is 0 Å². The third-order valence-electron chi connectivity index (χ3n) is 4.07. The van der Waals surface area contributed by atoms with Gasteiger partial charge in [0.1, 0.15) is 22.2 Å². The molecule has 2 aromatic rings. The lowest BCUT2D eigenvalue weighted by atomic mass is 10.1. The van der Waals surface area contributed by atoms with Gasteiger partial charge in [-0.05, 0) is 50.5 Å². The monoisotopic (exact) mass is 367 g/mol. The largest absolute Gasteiger partial charge is 0.495 e. The number of aryl methyl sites for hydroxylation is 3. The van der Waals surface area contributed by atoms with E-state index in [-0.39, 0.29) is 17.9 Å². The topological polar surface area (TPSA) is 88.8 Å². The van der Waals surface area contributed by atoms with Gasteiger partial charge >= 0.3 is 0 Å². The molecular weight excluding hydrogens is 342 g/mol. The number of rotatable bonds is 8. The van der Waals surface area contributed by atoms with Crippen molar-refractivity contribution in [2.75, 3.05) is 13.7 Å². The number of sulfonamides is 1. The standard InChI is InChI=1S/C18H25NO5S/c1-5-14-6-7-17(23-4)18(11-14)25(21,22)19-9-8-16(20)15-10-12(2)24-13(15)3/h6-7,10-11,16,19-20H,5,8-9H2,1-4H3. The second-order valence-electron chi connectivity index (χ2n) is 5.91. The lowest BCUT2D eigenvalue weighted by Crippen LogP contribution is -2.26. The van der Waals surface area contributed by atoms with Crippen molar-refractivity contribution in [3.8, 4) is 5.75 Å². The Labute approximate surface area is 148 Å². The van der Waals surface area contributed by atoms with E-state index in [0.29, 0.717) is 22.8 Å². The number of hydrogen-bond acceptors (Lipinski definition) is 5. The molecule has 0 aliphatic rings. The quantitative estimate of drug-likeness (QED) is 0.749. The van der Waals surface area contributed by atoms with Crippen LogP contribution in [0.1, 0.15) is 42.1 Å². The lowest BCUT2D eigenvalue weighted by molar-refractivity contribution is 0.167. The molecule has 6 nitrogen and oxygen atoms in total. The van der Waals surface area contributed by atoms with Crippen molar-refractivity contribution in [1.82, 2.24) is 4.72 Å². The minimum Gasteiger partial charge on any atom is -0.495 e. The first-order valence-electron chi connectivity index (χ1n) is 8.20. The highest BCUT2D eigenvalue weighted by Gasteiger charge is 2.21. The summed E-state index contributed by atoms with van der Waals surface area (Å²) in [6.07, 6.45) is 0.183. The van der Waals surface area contributed by atoms with Gasteiger partial charge in [0.05, 0.1) is 13.2 Å². The van der Waals surface area contributed by atoms with Crippen LogP contribution in [-0.4, -0.2) is 27.2 Å². The van der Waals surface area contributed by atoms with Crippen molar-refractivity contribution in [1.29, 1.82) is 0 Å². The van der Waals surface area contributed by atoms with Gasteiger partial charge in [-0.3, -0.25) is 0 Å². The highest BCUT2D eigenvalue weighted by atomic mass is 32.2. The Bertz CT molecular complexity index is 826. The SMILES string of the molecule is CCc1ccc(OC)c(S(=O)(=O)NCCC(O)c2cc(C)oc2C)c1. The summed E-state index contributed by atoms with van der Waals surface area (Å²) in [4.78, 5) is 0.110. The van der Waals surface area contributed by atoms with Gasteiger partial charge in [-0.1, -0.05) is 13.0 Å². The predicted octanol–water partition coefficient (Wildman–Crippen LogP) is 2.87. The summed E-state index contributed by atoms with van der Waals surface area (Å²) in [5.41, 5.74) is 1.59. The van der Waals surface area contributed by atoms with Crippen LogP contribution in [0.15, 0.2) is 33.6 Å². The first-order chi connectivity index (χ1) is 11.8. The molecule has 0 saturated carbocycles. The van der Waals surface area contributed by atoms with Crippen molar-refractivity contribution < 1.29 is 22.7 Å². The van der Waals surface area contributed by atoms with Crippen LogP contribution in [0, 0.1) is 13.8 Å². The van der Waals surface area contributed by atoms with Gasteiger partial charge in [0.25, 0.3) is 0 Å². The van der Waals surface area contributed by atoms with E-state index in [4.69, 9.17) is 9.15 Å². The number of aliphatic hydroxyl groups is 1. The van der Waals surface area contributed by atoms with Gasteiger partial charge in [-0.15, -0.1) is 0 Å². The fourth-order valence-electron chi connectivity index (χ4n) is 2.70. The van der Waals surface area contributed by atoms with Gasteiger partial charge in [0.15, 0.2) is 0 Å². The summed E-state index contributed by atoms with van der Waals surface area (Å²) in [5.74, 6) is 1.66. The Morgan fingerprint density at radius 2 is 2.00 bits per heavy atom. The minimum atomic E-state index is -3.73. The highest BCUT2D eigenvalue weighted by Crippen LogP contribution is 2.26. The number of hydrogen-bond donors (Lipinski definition) is 2. The van der Waals surface area contributed by atoms with E-state index in [1.165, 1.54) is 7.11 Å². The third-order valence-corrected chi connectivity index (χ3v) is 5.56. The molecule has 138 valence electrons. The Hall–Kier alpha value is -1.83. The Morgan fingerprint density at radius 1 is 1.28 bits per heavy atom. The maximum Gasteiger partial charge on any atom is 0.244 e. The van der Waals surface area contributed by atoms with Gasteiger partial charge in [0, 0.05) is 12.1 Å². The molecule has 2 rings (SSSR count). The zero-order chi connectivity index (χ0) is 18.6. The maximum atomic E-state index is 12.6. The van der Waals surface area contributed by atoms with E-state index in [2.05, 4.69) is 4.72 Å². The first kappa shape index (κ1) is 19.5. The van der Waals surface area contributed by atoms with Crippen LogP contribution >= 0.6 is 0 Å². The molecule has 0 aliphatic heterocycles. The molecular formula is C18H25NO5S. The minimum absolute atomic E-state index is 0.104. The lowest BCUT2D eigenvalue weighted by Gasteiger charge is -2.13. The van der Waals surface area contributed by atoms with Crippen LogP contribution in [0.2, 0.25) is 0 Å². The summed E-state index contributed by atoms with van der Waals surface area (Å²) < 4.78 is 38.2. The van der Waals surface area contributed by atoms with Crippen LogP contribution in [0.5, 0.6) is 5.75 Å². The van der Waals surface area contributed by atoms with Crippen LogP contribution in [0.4, 0.5) is 0 Å². The molecule has 0 radical (unpaired) electrons. The fourth-order valence-corrected chi connectivity index (χ4v) is 3.96. The Balaban J connectivity index is 2.08. The third kappa shape index (κ3) is 4.62. The fraction of sp³-hybridized carbons (Fsp3) is 0.444. The average molecular weight is 367 g/mol. The number of nitrogens with one attached hydrogen (secondary N) is 1. The second-order valence-corrected chi connectivity index (χ2v) is 7.64. The van der Waals surface area contributed by atoms with Crippen molar-refractivity contribution >= 4 is 10.0 Å². The molecule has 1 unspecified atom stereocenters. The summed E-state index contributed by atoms with van der Waals surface area (Å²) in [6, 6.07) is 6.87. The van der Waals surface area contributed by atoms with E-state index in [0.717, 1.165) is 12.0 Å². The number of ether oxygens (including phenoxy) is 1. The first-order valence-corrected chi connectivity index (χ1v) is 9.68. The van der Waals surface area contributed by atoms with E-state index in [1.54, 1.807) is 32.0 Å². The van der Waals surface area contributed by atoms with Crippen LogP contribution < -0.4 is 9.46 Å². The number of methoxy groups -OCH3 is 1. The van der Waals surface area contributed by atoms with E-state index in [9.17, 15) is 13.5 Å². The molecule has 1 heterocycles. The number of benzene rings is 1. The number of aliphatic hydroxyl groups excluding tert-OH is 1. The smallest absolute Gasteiger partial charge is 0.244 e. The zero-order valence-corrected chi connectivity index (χ0v) is 15.8. The molecule has 0 spiro atoms. The molecule has 1 atom stereocenters. The zero-order valence-electron chi connectivity index (χ0n) is 15.0. The summed E-state index contributed by atoms with van der Waals surface area (Å²) in [5, 5.41) is 10.2. The molecule has 0 fully saturated rings. The molecule has 2 N–H and O–H groups in total. The van der Waals surface area contributed by atoms with Gasteiger partial charge in [0.2, 0.25) is 10.0 Å². The molecule has 0 amide bonds. The van der Waals surface area contributed by atoms with E-state index >= 15 is 0 Å². The van der Waals surface area contributed by atoms with Crippen molar-refractivity contribution in [2.45, 2.75) is 44.6 Å². The molecule has 25 heavy (non-hydrogen) atoms. The Morgan fingerprint density at radius 3 is 2.56 bits per heavy atom. The van der Waals surface area contributed by atoms with Crippen molar-refractivity contribution in [3.63, 3.8) is 0 Å². The van der Waals surface area contributed by atoms with E-state index in [1.807, 2.05) is 13.0 Å². The maximum absolute atomic E-state index is 12.6. The molecule has 7 heteroatoms. The van der Waals surface area contributed by atoms with E-state index < -0.39 is 16.1 Å². The van der Waals surface area contributed by atoms with Crippen molar-refractivity contribution in [2.24, 2.45) is 0 Å². The molecule has 0 bridgehead atoms. The Kier molecular flexibility index (Phi) is 6.26. The van der Waals surface area contributed by atoms with Crippen LogP contribution in [-0.2, 0) is 16.4 Å². The van der Waals surface area contributed by atoms with Crippen molar-refractivity contribution in [3.05, 3.63) is 46.9 Å². The molecule has 1 aromatic carbocycles. The van der Waals surface area contributed by atoms with Gasteiger partial charge < -0.3 is 14.3 Å². The second kappa shape index (κ2) is 8.03. The average Bonchev–Trinajstić information content (AvgIpc) is 2.92. The normalized spacial score (nSPS) is 13.0. The molecule has 0 aliphatic carbocycles. The predicted molar refractivity (Wildman–Crippen MR) is 95.3 cm³/mol. The van der Waals surface area contributed by atoms with Crippen LogP contribution in [0.3, 0.4) is 0 Å². The number of furan rings is 1. The highest BCUT2D eigenvalue weighted by molar-refractivity contribution is 7.89.